The largest absolute Gasteiger partial charge is 0.441 e. The van der Waals surface area contributed by atoms with Crippen molar-refractivity contribution >= 4 is 34.5 Å². The summed E-state index contributed by atoms with van der Waals surface area (Å²) in [4.78, 5) is 20.5. The van der Waals surface area contributed by atoms with E-state index >= 15 is 0 Å². The summed E-state index contributed by atoms with van der Waals surface area (Å²) in [7, 11) is 0. The Balaban J connectivity index is 2.03. The molecule has 7 heteroatoms. The summed E-state index contributed by atoms with van der Waals surface area (Å²) in [6, 6.07) is 0. The van der Waals surface area contributed by atoms with Gasteiger partial charge in [-0.2, -0.15) is 0 Å². The quantitative estimate of drug-likeness (QED) is 0.904. The summed E-state index contributed by atoms with van der Waals surface area (Å²) >= 11 is 1.30. The fraction of sp³-hybridized carbons (Fsp3) is 0.400. The highest BCUT2D eigenvalue weighted by Crippen LogP contribution is 2.24. The van der Waals surface area contributed by atoms with Gasteiger partial charge in [0.2, 0.25) is 5.89 Å². The number of anilines is 1. The van der Waals surface area contributed by atoms with E-state index in [2.05, 4.69) is 36.1 Å². The number of rotatable bonds is 4. The zero-order valence-corrected chi connectivity index (χ0v) is 13.8. The topological polar surface area (TPSA) is 88.2 Å². The van der Waals surface area contributed by atoms with Crippen LogP contribution in [-0.2, 0) is 10.2 Å². The molecule has 22 heavy (non-hydrogen) atoms. The second-order valence-corrected chi connectivity index (χ2v) is 6.94. The first-order valence-corrected chi connectivity index (χ1v) is 7.66. The zero-order chi connectivity index (χ0) is 16.3. The van der Waals surface area contributed by atoms with E-state index in [1.54, 1.807) is 18.5 Å². The van der Waals surface area contributed by atoms with Gasteiger partial charge in [-0.25, -0.2) is 9.97 Å². The number of aliphatic hydroxyl groups is 1. The van der Waals surface area contributed by atoms with Crippen molar-refractivity contribution in [3.8, 4) is 0 Å². The molecule has 2 aromatic rings. The minimum absolute atomic E-state index is 0.0813. The standard InChI is InChI=1S/C15H19N3O3S/c1-9(19)13(20)18-14-17-7-10(22-14)5-6-12-16-8-11(21-12)15(2,3)4/h5-9,19H,1-4H3,(H,17,18,20). The molecule has 0 aliphatic rings. The van der Waals surface area contributed by atoms with E-state index in [9.17, 15) is 4.79 Å². The van der Waals surface area contributed by atoms with Gasteiger partial charge in [-0.05, 0) is 13.0 Å². The maximum absolute atomic E-state index is 11.4. The molecule has 0 radical (unpaired) electrons. The lowest BCUT2D eigenvalue weighted by atomic mass is 9.94. The molecule has 1 unspecified atom stereocenters. The van der Waals surface area contributed by atoms with Crippen LogP contribution in [0.2, 0.25) is 0 Å². The van der Waals surface area contributed by atoms with Crippen molar-refractivity contribution in [2.45, 2.75) is 39.2 Å². The minimum atomic E-state index is -1.06. The maximum atomic E-state index is 11.4. The highest BCUT2D eigenvalue weighted by Gasteiger charge is 2.18. The fourth-order valence-electron chi connectivity index (χ4n) is 1.50. The lowest BCUT2D eigenvalue weighted by Crippen LogP contribution is -2.24. The Morgan fingerprint density at radius 3 is 2.68 bits per heavy atom. The number of aliphatic hydroxyl groups excluding tert-OH is 1. The number of hydrogen-bond acceptors (Lipinski definition) is 6. The number of amides is 1. The van der Waals surface area contributed by atoms with Crippen molar-refractivity contribution in [2.24, 2.45) is 0 Å². The molecule has 2 N–H and O–H groups in total. The molecule has 0 aromatic carbocycles. The van der Waals surface area contributed by atoms with Gasteiger partial charge in [0, 0.05) is 22.6 Å². The van der Waals surface area contributed by atoms with E-state index in [4.69, 9.17) is 9.52 Å². The third kappa shape index (κ3) is 4.25. The number of aromatic nitrogens is 2. The summed E-state index contributed by atoms with van der Waals surface area (Å²) < 4.78 is 5.66. The van der Waals surface area contributed by atoms with Gasteiger partial charge in [0.1, 0.15) is 11.9 Å². The highest BCUT2D eigenvalue weighted by molar-refractivity contribution is 7.16. The van der Waals surface area contributed by atoms with Gasteiger partial charge in [-0.1, -0.05) is 32.1 Å². The number of nitrogens with one attached hydrogen (secondary N) is 1. The van der Waals surface area contributed by atoms with E-state index < -0.39 is 12.0 Å². The maximum Gasteiger partial charge on any atom is 0.254 e. The Morgan fingerprint density at radius 2 is 2.09 bits per heavy atom. The monoisotopic (exact) mass is 321 g/mol. The number of carbonyl (C=O) groups is 1. The molecule has 1 atom stereocenters. The third-order valence-electron chi connectivity index (χ3n) is 2.79. The predicted molar refractivity (Wildman–Crippen MR) is 86.6 cm³/mol. The summed E-state index contributed by atoms with van der Waals surface area (Å²) in [5, 5.41) is 12.1. The molecule has 0 spiro atoms. The lowest BCUT2D eigenvalue weighted by molar-refractivity contribution is -0.123. The minimum Gasteiger partial charge on any atom is -0.441 e. The molecule has 0 fully saturated rings. The van der Waals surface area contributed by atoms with E-state index in [1.165, 1.54) is 18.3 Å². The van der Waals surface area contributed by atoms with Crippen LogP contribution in [0.5, 0.6) is 0 Å². The van der Waals surface area contributed by atoms with Gasteiger partial charge < -0.3 is 9.52 Å². The molecule has 118 valence electrons. The molecule has 2 rings (SSSR count). The summed E-state index contributed by atoms with van der Waals surface area (Å²) in [6.07, 6.45) is 5.86. The Labute approximate surface area is 132 Å². The van der Waals surface area contributed by atoms with Crippen LogP contribution in [0.15, 0.2) is 16.8 Å². The summed E-state index contributed by atoms with van der Waals surface area (Å²) in [6.45, 7) is 7.57. The Morgan fingerprint density at radius 1 is 1.36 bits per heavy atom. The van der Waals surface area contributed by atoms with Crippen LogP contribution in [0, 0.1) is 0 Å². The molecule has 0 saturated heterocycles. The molecular weight excluding hydrogens is 302 g/mol. The molecule has 0 saturated carbocycles. The summed E-state index contributed by atoms with van der Waals surface area (Å²) in [5.41, 5.74) is -0.0813. The Kier molecular flexibility index (Phi) is 4.77. The smallest absolute Gasteiger partial charge is 0.254 e. The zero-order valence-electron chi connectivity index (χ0n) is 13.0. The molecule has 6 nitrogen and oxygen atoms in total. The molecule has 0 bridgehead atoms. The molecule has 0 aliphatic carbocycles. The van der Waals surface area contributed by atoms with Crippen molar-refractivity contribution in [1.82, 2.24) is 9.97 Å². The van der Waals surface area contributed by atoms with Crippen molar-refractivity contribution < 1.29 is 14.3 Å². The van der Waals surface area contributed by atoms with Crippen LogP contribution in [0.4, 0.5) is 5.13 Å². The van der Waals surface area contributed by atoms with Gasteiger partial charge in [-0.15, -0.1) is 0 Å². The van der Waals surface area contributed by atoms with Gasteiger partial charge in [0.25, 0.3) is 5.91 Å². The molecule has 0 aliphatic heterocycles. The Hall–Kier alpha value is -1.99. The molecule has 2 aromatic heterocycles. The second-order valence-electron chi connectivity index (χ2n) is 5.88. The average molecular weight is 321 g/mol. The molecular formula is C15H19N3O3S. The first-order chi connectivity index (χ1) is 10.3. The van der Waals surface area contributed by atoms with Crippen molar-refractivity contribution in [3.63, 3.8) is 0 Å². The van der Waals surface area contributed by atoms with Crippen molar-refractivity contribution in [3.05, 3.63) is 28.9 Å². The fourth-order valence-corrected chi connectivity index (χ4v) is 2.22. The van der Waals surface area contributed by atoms with Crippen LogP contribution in [0.25, 0.3) is 12.2 Å². The van der Waals surface area contributed by atoms with Gasteiger partial charge >= 0.3 is 0 Å². The van der Waals surface area contributed by atoms with E-state index in [0.717, 1.165) is 10.6 Å². The molecule has 1 amide bonds. The first kappa shape index (κ1) is 16.4. The van der Waals surface area contributed by atoms with Gasteiger partial charge in [0.05, 0.1) is 6.20 Å². The van der Waals surface area contributed by atoms with E-state index in [0.29, 0.717) is 11.0 Å². The number of thiazole rings is 1. The van der Waals surface area contributed by atoms with E-state index in [-0.39, 0.29) is 5.41 Å². The number of oxazole rings is 1. The Bertz CT molecular complexity index is 680. The van der Waals surface area contributed by atoms with Crippen LogP contribution in [0.3, 0.4) is 0 Å². The normalized spacial score (nSPS) is 13.5. The number of carbonyl (C=O) groups excluding carboxylic acids is 1. The van der Waals surface area contributed by atoms with Crippen LogP contribution >= 0.6 is 11.3 Å². The lowest BCUT2D eigenvalue weighted by Gasteiger charge is -2.12. The highest BCUT2D eigenvalue weighted by atomic mass is 32.1. The first-order valence-electron chi connectivity index (χ1n) is 6.85. The van der Waals surface area contributed by atoms with E-state index in [1.807, 2.05) is 6.08 Å². The average Bonchev–Trinajstić information content (AvgIpc) is 3.04. The third-order valence-corrected chi connectivity index (χ3v) is 3.66. The van der Waals surface area contributed by atoms with Crippen LogP contribution in [-0.4, -0.2) is 27.1 Å². The van der Waals surface area contributed by atoms with Gasteiger partial charge in [-0.3, -0.25) is 10.1 Å². The summed E-state index contributed by atoms with van der Waals surface area (Å²) in [5.74, 6) is 0.863. The SMILES string of the molecule is CC(O)C(=O)Nc1ncc(C=Cc2ncc(C(C)(C)C)o2)s1. The van der Waals surface area contributed by atoms with Crippen molar-refractivity contribution in [2.75, 3.05) is 5.32 Å². The van der Waals surface area contributed by atoms with Crippen molar-refractivity contribution in [1.29, 1.82) is 0 Å². The van der Waals surface area contributed by atoms with Crippen LogP contribution < -0.4 is 5.32 Å². The number of nitrogens with zero attached hydrogens (tertiary/aromatic N) is 2. The number of hydrogen-bond donors (Lipinski definition) is 2. The van der Waals surface area contributed by atoms with Crippen LogP contribution in [0.1, 0.15) is 44.2 Å². The molecule has 2 heterocycles. The second kappa shape index (κ2) is 6.41. The predicted octanol–water partition coefficient (Wildman–Crippen LogP) is 2.92. The van der Waals surface area contributed by atoms with Gasteiger partial charge in [0.15, 0.2) is 5.13 Å².